The Kier molecular flexibility index (Phi) is 2.50. The summed E-state index contributed by atoms with van der Waals surface area (Å²) < 4.78 is 10.1. The Morgan fingerprint density at radius 2 is 2.00 bits per heavy atom. The van der Waals surface area contributed by atoms with Crippen molar-refractivity contribution in [2.24, 2.45) is 0 Å². The molecule has 0 saturated carbocycles. The average Bonchev–Trinajstić information content (AvgIpc) is 2.88. The molecule has 0 amide bonds. The predicted molar refractivity (Wildman–Crippen MR) is 67.1 cm³/mol. The number of hydrogen-bond donors (Lipinski definition) is 0. The van der Waals surface area contributed by atoms with Gasteiger partial charge in [-0.2, -0.15) is 8.75 Å². The van der Waals surface area contributed by atoms with Crippen LogP contribution in [-0.2, 0) is 0 Å². The zero-order valence-corrected chi connectivity index (χ0v) is 10.9. The van der Waals surface area contributed by atoms with Gasteiger partial charge in [0.2, 0.25) is 5.28 Å². The van der Waals surface area contributed by atoms with Crippen LogP contribution in [-0.4, -0.2) is 23.5 Å². The van der Waals surface area contributed by atoms with Crippen molar-refractivity contribution in [3.63, 3.8) is 0 Å². The fourth-order valence-electron chi connectivity index (χ4n) is 1.62. The van der Waals surface area contributed by atoms with Crippen LogP contribution >= 0.6 is 34.9 Å². The molecule has 0 atom stereocenters. The first kappa shape index (κ1) is 10.9. The van der Waals surface area contributed by atoms with Gasteiger partial charge in [-0.1, -0.05) is 11.6 Å². The quantitative estimate of drug-likeness (QED) is 0.690. The molecule has 8 heteroatoms. The lowest BCUT2D eigenvalue weighted by molar-refractivity contribution is 0.974. The molecule has 1 aromatic carbocycles. The third kappa shape index (κ3) is 1.60. The molecule has 0 aliphatic heterocycles. The van der Waals surface area contributed by atoms with E-state index in [9.17, 15) is 0 Å². The number of nitrogens with zero attached hydrogens (tertiary/aromatic N) is 5. The molecule has 3 aromatic rings. The second-order valence-electron chi connectivity index (χ2n) is 3.38. The zero-order chi connectivity index (χ0) is 12.0. The Balaban J connectivity index is 2.44. The van der Waals surface area contributed by atoms with E-state index in [0.717, 1.165) is 17.2 Å². The van der Waals surface area contributed by atoms with Gasteiger partial charge in [0.1, 0.15) is 16.9 Å². The van der Waals surface area contributed by atoms with Crippen molar-refractivity contribution >= 4 is 46.0 Å². The number of hydrogen-bond acceptors (Lipinski definition) is 5. The molecule has 0 aliphatic carbocycles. The van der Waals surface area contributed by atoms with E-state index in [-0.39, 0.29) is 5.28 Å². The maximum absolute atomic E-state index is 6.20. The summed E-state index contributed by atoms with van der Waals surface area (Å²) in [6.45, 7) is 1.80. The SMILES string of the molecule is Cc1nnc(Cl)n1-c1c(Cl)ccc2nsnc12. The lowest BCUT2D eigenvalue weighted by Crippen LogP contribution is -1.99. The summed E-state index contributed by atoms with van der Waals surface area (Å²) in [5.41, 5.74) is 2.15. The van der Waals surface area contributed by atoms with Crippen molar-refractivity contribution in [2.45, 2.75) is 6.92 Å². The third-order valence-corrected chi connectivity index (χ3v) is 3.45. The van der Waals surface area contributed by atoms with Gasteiger partial charge in [-0.05, 0) is 30.7 Å². The summed E-state index contributed by atoms with van der Waals surface area (Å²) >= 11 is 13.3. The first-order chi connectivity index (χ1) is 8.18. The van der Waals surface area contributed by atoms with E-state index >= 15 is 0 Å². The fourth-order valence-corrected chi connectivity index (χ4v) is 2.64. The van der Waals surface area contributed by atoms with Gasteiger partial charge in [0.05, 0.1) is 22.4 Å². The van der Waals surface area contributed by atoms with E-state index < -0.39 is 0 Å². The van der Waals surface area contributed by atoms with Crippen LogP contribution < -0.4 is 0 Å². The van der Waals surface area contributed by atoms with Gasteiger partial charge in [-0.15, -0.1) is 10.2 Å². The molecule has 5 nitrogen and oxygen atoms in total. The van der Waals surface area contributed by atoms with Crippen molar-refractivity contribution in [1.82, 2.24) is 23.5 Å². The summed E-state index contributed by atoms with van der Waals surface area (Å²) in [5.74, 6) is 0.650. The molecule has 0 unspecified atom stereocenters. The van der Waals surface area contributed by atoms with Crippen LogP contribution in [0.5, 0.6) is 0 Å². The molecule has 0 fully saturated rings. The predicted octanol–water partition coefficient (Wildman–Crippen LogP) is 2.89. The summed E-state index contributed by atoms with van der Waals surface area (Å²) in [4.78, 5) is 0. The monoisotopic (exact) mass is 285 g/mol. The molecule has 2 heterocycles. The Morgan fingerprint density at radius 1 is 1.18 bits per heavy atom. The highest BCUT2D eigenvalue weighted by molar-refractivity contribution is 7.00. The van der Waals surface area contributed by atoms with Gasteiger partial charge in [0.25, 0.3) is 0 Å². The van der Waals surface area contributed by atoms with Crippen molar-refractivity contribution < 1.29 is 0 Å². The summed E-state index contributed by atoms with van der Waals surface area (Å²) in [6, 6.07) is 3.58. The number of aryl methyl sites for hydroxylation is 1. The molecule has 17 heavy (non-hydrogen) atoms. The molecule has 0 bridgehead atoms. The minimum absolute atomic E-state index is 0.255. The molecular formula is C9H5Cl2N5S. The number of rotatable bonds is 1. The minimum atomic E-state index is 0.255. The second kappa shape index (κ2) is 3.90. The number of halogens is 2. The first-order valence-electron chi connectivity index (χ1n) is 4.67. The van der Waals surface area contributed by atoms with Gasteiger partial charge < -0.3 is 0 Å². The van der Waals surface area contributed by atoms with Crippen LogP contribution in [0.3, 0.4) is 0 Å². The molecular weight excluding hydrogens is 281 g/mol. The van der Waals surface area contributed by atoms with Crippen LogP contribution in [0.2, 0.25) is 10.3 Å². The third-order valence-electron chi connectivity index (χ3n) is 2.36. The van der Waals surface area contributed by atoms with Gasteiger partial charge in [0, 0.05) is 0 Å². The van der Waals surface area contributed by atoms with E-state index in [0.29, 0.717) is 22.1 Å². The van der Waals surface area contributed by atoms with Crippen molar-refractivity contribution in [2.75, 3.05) is 0 Å². The standard InChI is InChI=1S/C9H5Cl2N5S/c1-4-12-13-9(11)16(4)8-5(10)2-3-6-7(8)15-17-14-6/h2-3H,1H3. The lowest BCUT2D eigenvalue weighted by atomic mass is 10.2. The van der Waals surface area contributed by atoms with Crippen LogP contribution in [0, 0.1) is 6.92 Å². The highest BCUT2D eigenvalue weighted by Crippen LogP contribution is 2.30. The van der Waals surface area contributed by atoms with E-state index in [1.165, 1.54) is 0 Å². The molecule has 86 valence electrons. The Labute approximate surface area is 110 Å². The van der Waals surface area contributed by atoms with E-state index in [1.807, 2.05) is 6.07 Å². The van der Waals surface area contributed by atoms with Crippen molar-refractivity contribution in [3.05, 3.63) is 28.3 Å². The first-order valence-corrected chi connectivity index (χ1v) is 6.16. The number of fused-ring (bicyclic) bond motifs is 1. The molecule has 2 aromatic heterocycles. The van der Waals surface area contributed by atoms with Gasteiger partial charge in [-0.25, -0.2) is 0 Å². The molecule has 0 saturated heterocycles. The molecule has 0 N–H and O–H groups in total. The minimum Gasteiger partial charge on any atom is -0.266 e. The Hall–Kier alpha value is -1.24. The second-order valence-corrected chi connectivity index (χ2v) is 4.65. The van der Waals surface area contributed by atoms with Crippen LogP contribution in [0.4, 0.5) is 0 Å². The van der Waals surface area contributed by atoms with Crippen molar-refractivity contribution in [3.8, 4) is 5.69 Å². The largest absolute Gasteiger partial charge is 0.266 e. The maximum atomic E-state index is 6.20. The van der Waals surface area contributed by atoms with E-state index in [1.54, 1.807) is 17.6 Å². The van der Waals surface area contributed by atoms with E-state index in [4.69, 9.17) is 23.2 Å². The van der Waals surface area contributed by atoms with Crippen molar-refractivity contribution in [1.29, 1.82) is 0 Å². The lowest BCUT2D eigenvalue weighted by Gasteiger charge is -2.07. The molecule has 3 rings (SSSR count). The van der Waals surface area contributed by atoms with Crippen LogP contribution in [0.15, 0.2) is 12.1 Å². The Bertz CT molecular complexity index is 685. The number of aromatic nitrogens is 5. The molecule has 0 radical (unpaired) electrons. The summed E-state index contributed by atoms with van der Waals surface area (Å²) in [6.07, 6.45) is 0. The normalized spacial score (nSPS) is 11.2. The topological polar surface area (TPSA) is 56.5 Å². The van der Waals surface area contributed by atoms with Gasteiger partial charge in [0.15, 0.2) is 0 Å². The molecule has 0 spiro atoms. The highest BCUT2D eigenvalue weighted by atomic mass is 35.5. The smallest absolute Gasteiger partial charge is 0.229 e. The highest BCUT2D eigenvalue weighted by Gasteiger charge is 2.17. The summed E-state index contributed by atoms with van der Waals surface area (Å²) in [7, 11) is 0. The van der Waals surface area contributed by atoms with E-state index in [2.05, 4.69) is 18.9 Å². The number of benzene rings is 1. The average molecular weight is 286 g/mol. The van der Waals surface area contributed by atoms with Crippen LogP contribution in [0.1, 0.15) is 5.82 Å². The van der Waals surface area contributed by atoms with Crippen LogP contribution in [0.25, 0.3) is 16.7 Å². The Morgan fingerprint density at radius 3 is 2.71 bits per heavy atom. The van der Waals surface area contributed by atoms with Gasteiger partial charge in [-0.3, -0.25) is 4.57 Å². The molecule has 0 aliphatic rings. The summed E-state index contributed by atoms with van der Waals surface area (Å²) in [5, 5.41) is 8.49. The van der Waals surface area contributed by atoms with Gasteiger partial charge >= 0.3 is 0 Å². The maximum Gasteiger partial charge on any atom is 0.229 e. The fraction of sp³-hybridized carbons (Fsp3) is 0.111. The zero-order valence-electron chi connectivity index (χ0n) is 8.55.